The molecule has 0 aliphatic heterocycles. The molecule has 5 nitrogen and oxygen atoms in total. The molecular formula is C8H6F15NO4S. The van der Waals surface area contributed by atoms with Crippen molar-refractivity contribution in [3.05, 3.63) is 0 Å². The summed E-state index contributed by atoms with van der Waals surface area (Å²) in [4.78, 5) is 0. The van der Waals surface area contributed by atoms with Crippen LogP contribution in [0.2, 0.25) is 0 Å². The second-order valence-corrected chi connectivity index (χ2v) is 5.86. The SMILES string of the molecule is N.O=S(=O)(O)OCC(F)(F)C(F)(F)C(F)(F)C(F)(F)C(F)(F)C(F)(F)C(F)(F)F. The molecule has 0 aromatic heterocycles. The largest absolute Gasteiger partial charge is 0.460 e. The van der Waals surface area contributed by atoms with Gasteiger partial charge in [-0.25, -0.2) is 4.18 Å². The first-order chi connectivity index (χ1) is 11.7. The Hall–Kier alpha value is -1.22. The highest BCUT2D eigenvalue weighted by Gasteiger charge is 2.93. The van der Waals surface area contributed by atoms with Crippen LogP contribution in [-0.2, 0) is 14.6 Å². The normalized spacial score (nSPS) is 15.9. The quantitative estimate of drug-likeness (QED) is 0.384. The van der Waals surface area contributed by atoms with E-state index < -0.39 is 58.7 Å². The summed E-state index contributed by atoms with van der Waals surface area (Å²) in [6, 6.07) is 0. The molecule has 0 bridgehead atoms. The van der Waals surface area contributed by atoms with Crippen molar-refractivity contribution in [3.63, 3.8) is 0 Å². The summed E-state index contributed by atoms with van der Waals surface area (Å²) >= 11 is 0. The summed E-state index contributed by atoms with van der Waals surface area (Å²) in [6.07, 6.45) is -7.72. The molecule has 21 heteroatoms. The molecule has 0 amide bonds. The van der Waals surface area contributed by atoms with E-state index in [-0.39, 0.29) is 6.15 Å². The Kier molecular flexibility index (Phi) is 7.73. The van der Waals surface area contributed by atoms with Gasteiger partial charge in [0.15, 0.2) is 0 Å². The average molecular weight is 497 g/mol. The van der Waals surface area contributed by atoms with Crippen molar-refractivity contribution in [2.75, 3.05) is 6.61 Å². The number of rotatable bonds is 8. The molecule has 4 N–H and O–H groups in total. The Morgan fingerprint density at radius 1 is 0.586 bits per heavy atom. The smallest absolute Gasteiger partial charge is 0.344 e. The fourth-order valence-corrected chi connectivity index (χ4v) is 1.54. The van der Waals surface area contributed by atoms with E-state index in [0.717, 1.165) is 0 Å². The van der Waals surface area contributed by atoms with E-state index in [1.165, 1.54) is 0 Å². The summed E-state index contributed by atoms with van der Waals surface area (Å²) in [6.45, 7) is -3.62. The van der Waals surface area contributed by atoms with Crippen LogP contribution in [0.1, 0.15) is 0 Å². The lowest BCUT2D eigenvalue weighted by Gasteiger charge is -2.41. The van der Waals surface area contributed by atoms with E-state index in [1.807, 2.05) is 0 Å². The summed E-state index contributed by atoms with van der Waals surface area (Å²) in [5.41, 5.74) is 0. The highest BCUT2D eigenvalue weighted by molar-refractivity contribution is 7.80. The van der Waals surface area contributed by atoms with Crippen molar-refractivity contribution in [1.29, 1.82) is 0 Å². The van der Waals surface area contributed by atoms with E-state index in [1.54, 1.807) is 0 Å². The molecule has 0 atom stereocenters. The molecule has 0 heterocycles. The molecule has 0 saturated heterocycles. The Morgan fingerprint density at radius 3 is 1.14 bits per heavy atom. The Morgan fingerprint density at radius 2 is 0.862 bits per heavy atom. The molecular weight excluding hydrogens is 491 g/mol. The lowest BCUT2D eigenvalue weighted by Crippen LogP contribution is -2.73. The zero-order chi connectivity index (χ0) is 23.4. The molecule has 0 saturated carbocycles. The topological polar surface area (TPSA) is 98.6 Å². The van der Waals surface area contributed by atoms with Crippen molar-refractivity contribution in [2.24, 2.45) is 0 Å². The summed E-state index contributed by atoms with van der Waals surface area (Å²) < 4.78 is 220. The molecule has 0 aromatic carbocycles. The summed E-state index contributed by atoms with van der Waals surface area (Å²) in [5.74, 6) is -48.2. The highest BCUT2D eigenvalue weighted by Crippen LogP contribution is 2.62. The third-order valence-corrected chi connectivity index (χ3v) is 3.20. The van der Waals surface area contributed by atoms with Gasteiger partial charge in [0.05, 0.1) is 0 Å². The number of alkyl halides is 15. The molecule has 29 heavy (non-hydrogen) atoms. The van der Waals surface area contributed by atoms with Gasteiger partial charge >= 0.3 is 52.1 Å². The van der Waals surface area contributed by atoms with Gasteiger partial charge in [-0.15, -0.1) is 0 Å². The van der Waals surface area contributed by atoms with Gasteiger partial charge in [0.25, 0.3) is 0 Å². The third-order valence-electron chi connectivity index (χ3n) is 2.78. The molecule has 0 aromatic rings. The van der Waals surface area contributed by atoms with Gasteiger partial charge in [-0.2, -0.15) is 74.3 Å². The van der Waals surface area contributed by atoms with Gasteiger partial charge in [-0.1, -0.05) is 0 Å². The van der Waals surface area contributed by atoms with E-state index in [0.29, 0.717) is 0 Å². The number of hydrogen-bond donors (Lipinski definition) is 2. The molecule has 0 spiro atoms. The van der Waals surface area contributed by atoms with Crippen LogP contribution in [0.5, 0.6) is 0 Å². The van der Waals surface area contributed by atoms with E-state index in [9.17, 15) is 74.3 Å². The third kappa shape index (κ3) is 4.60. The maximum Gasteiger partial charge on any atom is 0.460 e. The molecule has 0 aliphatic carbocycles. The van der Waals surface area contributed by atoms with Gasteiger partial charge in [0.2, 0.25) is 0 Å². The van der Waals surface area contributed by atoms with Crippen LogP contribution < -0.4 is 6.15 Å². The minimum Gasteiger partial charge on any atom is -0.344 e. The first-order valence-corrected chi connectivity index (χ1v) is 7.02. The minimum absolute atomic E-state index is 0. The van der Waals surface area contributed by atoms with Crippen LogP contribution in [0.15, 0.2) is 0 Å². The van der Waals surface area contributed by atoms with Crippen molar-refractivity contribution in [3.8, 4) is 0 Å². The van der Waals surface area contributed by atoms with Gasteiger partial charge < -0.3 is 6.15 Å². The van der Waals surface area contributed by atoms with E-state index >= 15 is 0 Å². The molecule has 0 rings (SSSR count). The lowest BCUT2D eigenvalue weighted by molar-refractivity contribution is -0.453. The van der Waals surface area contributed by atoms with Crippen LogP contribution >= 0.6 is 0 Å². The Labute approximate surface area is 149 Å². The van der Waals surface area contributed by atoms with Crippen LogP contribution in [0.25, 0.3) is 0 Å². The van der Waals surface area contributed by atoms with Gasteiger partial charge in [-0.3, -0.25) is 4.55 Å². The minimum atomic E-state index is -8.48. The number of halogens is 15. The molecule has 0 fully saturated rings. The maximum atomic E-state index is 13.1. The molecule has 0 unspecified atom stereocenters. The van der Waals surface area contributed by atoms with Gasteiger partial charge in [-0.05, 0) is 0 Å². The Balaban J connectivity index is 0. The molecule has 0 aliphatic rings. The fourth-order valence-electron chi connectivity index (χ4n) is 1.24. The molecule has 0 radical (unpaired) electrons. The van der Waals surface area contributed by atoms with Crippen molar-refractivity contribution < 1.29 is 83.0 Å². The van der Waals surface area contributed by atoms with Gasteiger partial charge in [0, 0.05) is 0 Å². The second kappa shape index (κ2) is 7.48. The first kappa shape index (κ1) is 30.0. The van der Waals surface area contributed by atoms with Crippen LogP contribution in [0.3, 0.4) is 0 Å². The predicted molar refractivity (Wildman–Crippen MR) is 58.3 cm³/mol. The number of hydrogen-bond acceptors (Lipinski definition) is 4. The average Bonchev–Trinajstić information content (AvgIpc) is 2.42. The Bertz CT molecular complexity index is 685. The van der Waals surface area contributed by atoms with Crippen LogP contribution in [0, 0.1) is 0 Å². The maximum absolute atomic E-state index is 13.1. The van der Waals surface area contributed by atoms with Crippen molar-refractivity contribution in [1.82, 2.24) is 6.15 Å². The highest BCUT2D eigenvalue weighted by atomic mass is 32.3. The monoisotopic (exact) mass is 497 g/mol. The summed E-state index contributed by atoms with van der Waals surface area (Å²) in [7, 11) is -6.13. The zero-order valence-electron chi connectivity index (χ0n) is 12.7. The lowest BCUT2D eigenvalue weighted by atomic mass is 9.91. The van der Waals surface area contributed by atoms with Crippen molar-refractivity contribution in [2.45, 2.75) is 41.7 Å². The van der Waals surface area contributed by atoms with E-state index in [4.69, 9.17) is 4.55 Å². The van der Waals surface area contributed by atoms with Gasteiger partial charge in [0.1, 0.15) is 6.61 Å². The van der Waals surface area contributed by atoms with Crippen LogP contribution in [0.4, 0.5) is 65.9 Å². The molecule has 178 valence electrons. The zero-order valence-corrected chi connectivity index (χ0v) is 13.5. The standard InChI is InChI=1S/C8H3F15O4S.H3N/c9-2(10,1-27-28(24,25)26)3(11,12)4(13,14)5(15,16)6(17,18)7(19,20)8(21,22)23;/h1H2,(H,24,25,26);1H3. The predicted octanol–water partition coefficient (Wildman–Crippen LogP) is 4.34. The second-order valence-electron chi connectivity index (χ2n) is 4.76. The summed E-state index contributed by atoms with van der Waals surface area (Å²) in [5, 5.41) is 0. The first-order valence-electron chi connectivity index (χ1n) is 5.66. The van der Waals surface area contributed by atoms with Crippen molar-refractivity contribution >= 4 is 10.4 Å². The van der Waals surface area contributed by atoms with Crippen LogP contribution in [-0.4, -0.2) is 61.3 Å². The van der Waals surface area contributed by atoms with E-state index in [2.05, 4.69) is 4.18 Å². The fraction of sp³-hybridized carbons (Fsp3) is 1.00.